The topological polar surface area (TPSA) is 57.5 Å². The van der Waals surface area contributed by atoms with E-state index in [1.807, 2.05) is 0 Å². The molecule has 1 rings (SSSR count). The quantitative estimate of drug-likeness (QED) is 0.585. The summed E-state index contributed by atoms with van der Waals surface area (Å²) in [6, 6.07) is 0. The highest BCUT2D eigenvalue weighted by atomic mass is 32.2. The van der Waals surface area contributed by atoms with E-state index in [-0.39, 0.29) is 5.57 Å². The third-order valence-corrected chi connectivity index (χ3v) is 2.54. The zero-order valence-electron chi connectivity index (χ0n) is 5.50. The first-order valence-corrected chi connectivity index (χ1v) is 3.86. The van der Waals surface area contributed by atoms with Crippen molar-refractivity contribution in [2.24, 2.45) is 0 Å². The molecule has 1 unspecified atom stereocenters. The minimum Gasteiger partial charge on any atom is -0.478 e. The molecular weight excluding hydrogens is 152 g/mol. The van der Waals surface area contributed by atoms with E-state index in [1.165, 1.54) is 11.8 Å². The maximum Gasteiger partial charge on any atom is 0.335 e. The molecule has 3 nitrogen and oxygen atoms in total. The van der Waals surface area contributed by atoms with E-state index < -0.39 is 12.1 Å². The predicted octanol–water partition coefficient (Wildman–Crippen LogP) is 0.453. The molecule has 0 aliphatic carbocycles. The Kier molecular flexibility index (Phi) is 2.01. The fraction of sp³-hybridized carbons (Fsp3) is 0.500. The van der Waals surface area contributed by atoms with E-state index in [0.717, 1.165) is 4.91 Å². The molecule has 0 amide bonds. The van der Waals surface area contributed by atoms with Crippen molar-refractivity contribution in [2.45, 2.75) is 13.0 Å². The van der Waals surface area contributed by atoms with Crippen LogP contribution in [0.3, 0.4) is 0 Å². The molecule has 1 aliphatic heterocycles. The molecule has 1 heterocycles. The Bertz CT molecular complexity index is 197. The number of carboxylic acid groups (broad SMARTS) is 1. The molecule has 0 saturated heterocycles. The average Bonchev–Trinajstić information content (AvgIpc) is 2.11. The second-order valence-electron chi connectivity index (χ2n) is 2.10. The third-order valence-electron chi connectivity index (χ3n) is 1.40. The summed E-state index contributed by atoms with van der Waals surface area (Å²) < 4.78 is 0. The van der Waals surface area contributed by atoms with E-state index in [9.17, 15) is 4.79 Å². The predicted molar refractivity (Wildman–Crippen MR) is 38.8 cm³/mol. The maximum absolute atomic E-state index is 10.4. The minimum atomic E-state index is -1.00. The molecule has 0 bridgehead atoms. The van der Waals surface area contributed by atoms with Gasteiger partial charge < -0.3 is 10.2 Å². The summed E-state index contributed by atoms with van der Waals surface area (Å²) in [6.07, 6.45) is -0.775. The molecule has 1 aliphatic rings. The lowest BCUT2D eigenvalue weighted by molar-refractivity contribution is -0.133. The van der Waals surface area contributed by atoms with Crippen LogP contribution in [0.4, 0.5) is 0 Å². The number of hydrogen-bond donors (Lipinski definition) is 2. The van der Waals surface area contributed by atoms with E-state index in [4.69, 9.17) is 10.2 Å². The van der Waals surface area contributed by atoms with Crippen molar-refractivity contribution in [2.75, 3.05) is 5.75 Å². The van der Waals surface area contributed by atoms with Gasteiger partial charge in [0.2, 0.25) is 0 Å². The number of carboxylic acids is 1. The van der Waals surface area contributed by atoms with Crippen LogP contribution in [-0.2, 0) is 4.79 Å². The number of rotatable bonds is 1. The zero-order chi connectivity index (χ0) is 7.72. The van der Waals surface area contributed by atoms with Crippen LogP contribution in [0, 0.1) is 0 Å². The van der Waals surface area contributed by atoms with Gasteiger partial charge in [0.15, 0.2) is 0 Å². The number of allylic oxidation sites excluding steroid dienone is 1. The maximum atomic E-state index is 10.4. The van der Waals surface area contributed by atoms with Gasteiger partial charge >= 0.3 is 5.97 Å². The van der Waals surface area contributed by atoms with Gasteiger partial charge in [0.25, 0.3) is 0 Å². The molecule has 0 saturated carbocycles. The Morgan fingerprint density at radius 2 is 2.40 bits per heavy atom. The molecular formula is C6H8O3S. The average molecular weight is 160 g/mol. The Morgan fingerprint density at radius 3 is 2.60 bits per heavy atom. The normalized spacial score (nSPS) is 25.6. The largest absolute Gasteiger partial charge is 0.478 e. The van der Waals surface area contributed by atoms with E-state index in [0.29, 0.717) is 5.75 Å². The van der Waals surface area contributed by atoms with Crippen LogP contribution in [0.5, 0.6) is 0 Å². The van der Waals surface area contributed by atoms with Gasteiger partial charge in [-0.25, -0.2) is 4.79 Å². The Labute approximate surface area is 62.7 Å². The SMILES string of the molecule is CC1=C(C(=O)O)C(O)CS1. The first kappa shape index (κ1) is 7.63. The summed E-state index contributed by atoms with van der Waals surface area (Å²) in [4.78, 5) is 11.1. The van der Waals surface area contributed by atoms with Crippen molar-refractivity contribution in [1.82, 2.24) is 0 Å². The summed E-state index contributed by atoms with van der Waals surface area (Å²) >= 11 is 1.39. The Hall–Kier alpha value is -0.480. The summed E-state index contributed by atoms with van der Waals surface area (Å²) in [5, 5.41) is 17.6. The second kappa shape index (κ2) is 2.64. The van der Waals surface area contributed by atoms with Gasteiger partial charge in [0.05, 0.1) is 11.7 Å². The van der Waals surface area contributed by atoms with Gasteiger partial charge in [-0.3, -0.25) is 0 Å². The minimum absolute atomic E-state index is 0.157. The van der Waals surface area contributed by atoms with Gasteiger partial charge in [-0.15, -0.1) is 11.8 Å². The van der Waals surface area contributed by atoms with Crippen molar-refractivity contribution in [1.29, 1.82) is 0 Å². The number of aliphatic hydroxyl groups is 1. The molecule has 0 spiro atoms. The summed E-state index contributed by atoms with van der Waals surface area (Å²) in [5.41, 5.74) is 0.157. The number of carbonyl (C=O) groups is 1. The first-order valence-electron chi connectivity index (χ1n) is 2.88. The molecule has 0 fully saturated rings. The Balaban J connectivity index is 2.88. The van der Waals surface area contributed by atoms with Gasteiger partial charge in [-0.05, 0) is 11.8 Å². The third kappa shape index (κ3) is 1.17. The summed E-state index contributed by atoms with van der Waals surface area (Å²) in [6.45, 7) is 1.71. The van der Waals surface area contributed by atoms with Crippen molar-refractivity contribution in [3.05, 3.63) is 10.5 Å². The lowest BCUT2D eigenvalue weighted by Gasteiger charge is -2.00. The van der Waals surface area contributed by atoms with Crippen LogP contribution in [-0.4, -0.2) is 28.0 Å². The highest BCUT2D eigenvalue weighted by Crippen LogP contribution is 2.30. The van der Waals surface area contributed by atoms with E-state index >= 15 is 0 Å². The highest BCUT2D eigenvalue weighted by molar-refractivity contribution is 8.03. The van der Waals surface area contributed by atoms with Crippen LogP contribution in [0.2, 0.25) is 0 Å². The van der Waals surface area contributed by atoms with Crippen LogP contribution < -0.4 is 0 Å². The lowest BCUT2D eigenvalue weighted by Crippen LogP contribution is -2.16. The summed E-state index contributed by atoms with van der Waals surface area (Å²) in [5.74, 6) is -0.525. The standard InChI is InChI=1S/C6H8O3S/c1-3-5(6(8)9)4(7)2-10-3/h4,7H,2H2,1H3,(H,8,9). The van der Waals surface area contributed by atoms with E-state index in [2.05, 4.69) is 0 Å². The molecule has 0 radical (unpaired) electrons. The highest BCUT2D eigenvalue weighted by Gasteiger charge is 2.26. The fourth-order valence-electron chi connectivity index (χ4n) is 0.893. The Morgan fingerprint density at radius 1 is 1.80 bits per heavy atom. The summed E-state index contributed by atoms with van der Waals surface area (Å²) in [7, 11) is 0. The smallest absolute Gasteiger partial charge is 0.335 e. The fourth-order valence-corrected chi connectivity index (χ4v) is 1.85. The van der Waals surface area contributed by atoms with Crippen molar-refractivity contribution in [3.63, 3.8) is 0 Å². The van der Waals surface area contributed by atoms with Gasteiger partial charge in [-0.2, -0.15) is 0 Å². The van der Waals surface area contributed by atoms with Crippen LogP contribution >= 0.6 is 11.8 Å². The van der Waals surface area contributed by atoms with Crippen LogP contribution in [0.1, 0.15) is 6.92 Å². The number of thioether (sulfide) groups is 1. The number of aliphatic carboxylic acids is 1. The van der Waals surface area contributed by atoms with Gasteiger partial charge in [0.1, 0.15) is 0 Å². The number of aliphatic hydroxyl groups excluding tert-OH is 1. The van der Waals surface area contributed by atoms with Crippen LogP contribution in [0.15, 0.2) is 10.5 Å². The molecule has 1 atom stereocenters. The van der Waals surface area contributed by atoms with E-state index in [1.54, 1.807) is 6.92 Å². The second-order valence-corrected chi connectivity index (χ2v) is 3.34. The van der Waals surface area contributed by atoms with Crippen molar-refractivity contribution >= 4 is 17.7 Å². The lowest BCUT2D eigenvalue weighted by atomic mass is 10.1. The molecule has 10 heavy (non-hydrogen) atoms. The molecule has 4 heteroatoms. The zero-order valence-corrected chi connectivity index (χ0v) is 6.31. The first-order chi connectivity index (χ1) is 4.63. The van der Waals surface area contributed by atoms with Gasteiger partial charge in [0, 0.05) is 5.75 Å². The van der Waals surface area contributed by atoms with Gasteiger partial charge in [-0.1, -0.05) is 0 Å². The molecule has 0 aromatic rings. The molecule has 2 N–H and O–H groups in total. The van der Waals surface area contributed by atoms with Crippen LogP contribution in [0.25, 0.3) is 0 Å². The monoisotopic (exact) mass is 160 g/mol. The molecule has 0 aromatic heterocycles. The van der Waals surface area contributed by atoms with Crippen molar-refractivity contribution < 1.29 is 15.0 Å². The molecule has 56 valence electrons. The number of hydrogen-bond acceptors (Lipinski definition) is 3. The molecule has 0 aromatic carbocycles. The van der Waals surface area contributed by atoms with Crippen molar-refractivity contribution in [3.8, 4) is 0 Å².